The molecule has 0 aliphatic carbocycles. The van der Waals surface area contributed by atoms with Crippen molar-refractivity contribution in [3.63, 3.8) is 0 Å². The van der Waals surface area contributed by atoms with Crippen molar-refractivity contribution in [2.75, 3.05) is 20.2 Å². The van der Waals surface area contributed by atoms with Crippen LogP contribution in [0, 0.1) is 5.21 Å². The minimum atomic E-state index is -0.0839. The summed E-state index contributed by atoms with van der Waals surface area (Å²) in [7, 11) is 3.52. The van der Waals surface area contributed by atoms with Crippen LogP contribution >= 0.6 is 0 Å². The summed E-state index contributed by atoms with van der Waals surface area (Å²) in [5.74, 6) is -0.0839. The van der Waals surface area contributed by atoms with Crippen molar-refractivity contribution < 1.29 is 14.3 Å². The predicted octanol–water partition coefficient (Wildman–Crippen LogP) is 2.41. The van der Waals surface area contributed by atoms with Gasteiger partial charge in [-0.2, -0.15) is 9.83 Å². The minimum Gasteiger partial charge on any atom is -0.619 e. The molecular formula is C23H21N5O3. The van der Waals surface area contributed by atoms with Crippen LogP contribution in [-0.4, -0.2) is 51.9 Å². The number of benzene rings is 1. The number of aryl methyl sites for hydroxylation is 1. The lowest BCUT2D eigenvalue weighted by atomic mass is 9.99. The fourth-order valence-electron chi connectivity index (χ4n) is 3.84. The number of amides is 1. The molecule has 1 fully saturated rings. The van der Waals surface area contributed by atoms with Gasteiger partial charge in [-0.25, -0.2) is 4.98 Å². The van der Waals surface area contributed by atoms with Gasteiger partial charge in [0, 0.05) is 50.6 Å². The molecule has 0 bridgehead atoms. The van der Waals surface area contributed by atoms with E-state index >= 15 is 0 Å². The van der Waals surface area contributed by atoms with E-state index in [1.807, 2.05) is 49.8 Å². The van der Waals surface area contributed by atoms with Gasteiger partial charge in [-0.15, -0.1) is 0 Å². The van der Waals surface area contributed by atoms with Crippen LogP contribution in [0.3, 0.4) is 0 Å². The standard InChI is InChI=1S/C23H21N5O3/c1-26-10-18(9-25-26)15-3-5-16(6-4-15)21-13-28(30)14-22-20(21)7-17(8-24-22)23(29)27-11-19(12-27)31-2/h3-10,13-14,19H,11-12H2,1-2H3. The number of ether oxygens (including phenoxy) is 1. The molecule has 0 saturated carbocycles. The summed E-state index contributed by atoms with van der Waals surface area (Å²) < 4.78 is 7.76. The summed E-state index contributed by atoms with van der Waals surface area (Å²) in [5, 5.41) is 17.2. The number of carbonyl (C=O) groups excluding carboxylic acids is 1. The van der Waals surface area contributed by atoms with Gasteiger partial charge in [0.1, 0.15) is 5.52 Å². The SMILES string of the molecule is COC1CN(C(=O)c2cnc3c[n+]([O-])cc(-c4ccc(-c5cnn(C)c5)cc4)c3c2)C1. The third-order valence-corrected chi connectivity index (χ3v) is 5.66. The van der Waals surface area contributed by atoms with Crippen molar-refractivity contribution in [2.24, 2.45) is 7.05 Å². The van der Waals surface area contributed by atoms with Crippen LogP contribution < -0.4 is 4.73 Å². The van der Waals surface area contributed by atoms with Crippen LogP contribution in [0.15, 0.2) is 61.3 Å². The number of hydrogen-bond acceptors (Lipinski definition) is 5. The first-order valence-corrected chi connectivity index (χ1v) is 9.96. The Kier molecular flexibility index (Phi) is 4.63. The highest BCUT2D eigenvalue weighted by Crippen LogP contribution is 2.29. The minimum absolute atomic E-state index is 0.0839. The van der Waals surface area contributed by atoms with Gasteiger partial charge >= 0.3 is 0 Å². The van der Waals surface area contributed by atoms with Crippen LogP contribution in [-0.2, 0) is 11.8 Å². The number of nitrogens with zero attached hydrogens (tertiary/aromatic N) is 5. The molecule has 1 aliphatic rings. The molecule has 3 aromatic heterocycles. The van der Waals surface area contributed by atoms with Gasteiger partial charge in [-0.05, 0) is 17.2 Å². The molecule has 5 rings (SSSR count). The van der Waals surface area contributed by atoms with Gasteiger partial charge in [0.05, 0.1) is 23.4 Å². The molecule has 8 heteroatoms. The fraction of sp³-hybridized carbons (Fsp3) is 0.217. The van der Waals surface area contributed by atoms with E-state index in [1.54, 1.807) is 16.7 Å². The maximum Gasteiger partial charge on any atom is 0.255 e. The van der Waals surface area contributed by atoms with E-state index in [0.29, 0.717) is 24.2 Å². The summed E-state index contributed by atoms with van der Waals surface area (Å²) in [6.45, 7) is 1.15. The summed E-state index contributed by atoms with van der Waals surface area (Å²) >= 11 is 0. The molecule has 0 spiro atoms. The van der Waals surface area contributed by atoms with Crippen molar-refractivity contribution in [1.29, 1.82) is 0 Å². The molecule has 0 N–H and O–H groups in total. The Hall–Kier alpha value is -3.78. The molecule has 31 heavy (non-hydrogen) atoms. The van der Waals surface area contributed by atoms with Crippen LogP contribution in [0.2, 0.25) is 0 Å². The zero-order valence-corrected chi connectivity index (χ0v) is 17.2. The van der Waals surface area contributed by atoms with Crippen molar-refractivity contribution >= 4 is 16.8 Å². The zero-order chi connectivity index (χ0) is 21.5. The van der Waals surface area contributed by atoms with E-state index in [2.05, 4.69) is 10.1 Å². The molecular weight excluding hydrogens is 394 g/mol. The van der Waals surface area contributed by atoms with Crippen LogP contribution in [0.1, 0.15) is 10.4 Å². The summed E-state index contributed by atoms with van der Waals surface area (Å²) in [4.78, 5) is 18.9. The monoisotopic (exact) mass is 415 g/mol. The topological polar surface area (TPSA) is 87.2 Å². The third kappa shape index (κ3) is 3.51. The second-order valence-electron chi connectivity index (χ2n) is 7.74. The molecule has 1 aromatic carbocycles. The Morgan fingerprint density at radius 1 is 1.13 bits per heavy atom. The number of aromatic nitrogens is 4. The lowest BCUT2D eigenvalue weighted by Crippen LogP contribution is -2.54. The number of methoxy groups -OCH3 is 1. The lowest BCUT2D eigenvalue weighted by molar-refractivity contribution is -0.603. The molecule has 4 aromatic rings. The molecule has 0 atom stereocenters. The number of rotatable bonds is 4. The van der Waals surface area contributed by atoms with E-state index in [9.17, 15) is 10.0 Å². The molecule has 0 radical (unpaired) electrons. The van der Waals surface area contributed by atoms with Crippen LogP contribution in [0.5, 0.6) is 0 Å². The Balaban J connectivity index is 1.52. The predicted molar refractivity (Wildman–Crippen MR) is 115 cm³/mol. The lowest BCUT2D eigenvalue weighted by Gasteiger charge is -2.38. The smallest absolute Gasteiger partial charge is 0.255 e. The summed E-state index contributed by atoms with van der Waals surface area (Å²) in [6.07, 6.45) is 8.31. The molecule has 1 aliphatic heterocycles. The third-order valence-electron chi connectivity index (χ3n) is 5.66. The Morgan fingerprint density at radius 3 is 2.55 bits per heavy atom. The highest BCUT2D eigenvalue weighted by molar-refractivity contribution is 6.01. The summed E-state index contributed by atoms with van der Waals surface area (Å²) in [6, 6.07) is 9.73. The van der Waals surface area contributed by atoms with Gasteiger partial charge < -0.3 is 14.8 Å². The second-order valence-corrected chi connectivity index (χ2v) is 7.74. The van der Waals surface area contributed by atoms with Gasteiger partial charge in [0.15, 0.2) is 6.20 Å². The van der Waals surface area contributed by atoms with Crippen LogP contribution in [0.25, 0.3) is 33.2 Å². The van der Waals surface area contributed by atoms with Gasteiger partial charge in [-0.1, -0.05) is 24.3 Å². The molecule has 1 saturated heterocycles. The number of hydrogen-bond donors (Lipinski definition) is 0. The van der Waals surface area contributed by atoms with Gasteiger partial charge in [0.25, 0.3) is 5.91 Å². The van der Waals surface area contributed by atoms with E-state index in [-0.39, 0.29) is 12.0 Å². The number of pyridine rings is 2. The van der Waals surface area contributed by atoms with E-state index in [4.69, 9.17) is 4.74 Å². The first-order valence-electron chi connectivity index (χ1n) is 9.96. The average molecular weight is 415 g/mol. The van der Waals surface area contributed by atoms with Gasteiger partial charge in [-0.3, -0.25) is 9.48 Å². The Morgan fingerprint density at radius 2 is 1.87 bits per heavy atom. The molecule has 1 amide bonds. The second kappa shape index (κ2) is 7.48. The fourth-order valence-corrected chi connectivity index (χ4v) is 3.84. The quantitative estimate of drug-likeness (QED) is 0.377. The van der Waals surface area contributed by atoms with Crippen LogP contribution in [0.4, 0.5) is 0 Å². The van der Waals surface area contributed by atoms with Gasteiger partial charge in [0.2, 0.25) is 6.20 Å². The summed E-state index contributed by atoms with van der Waals surface area (Å²) in [5.41, 5.74) is 4.69. The number of fused-ring (bicyclic) bond motifs is 1. The zero-order valence-electron chi connectivity index (χ0n) is 17.2. The van der Waals surface area contributed by atoms with Crippen molar-refractivity contribution in [2.45, 2.75) is 6.10 Å². The molecule has 156 valence electrons. The first kappa shape index (κ1) is 19.2. The van der Waals surface area contributed by atoms with E-state index < -0.39 is 0 Å². The first-order chi connectivity index (χ1) is 15.0. The maximum absolute atomic E-state index is 12.8. The normalized spacial score (nSPS) is 14.1. The molecule has 0 unspecified atom stereocenters. The largest absolute Gasteiger partial charge is 0.619 e. The Labute approximate surface area is 178 Å². The highest BCUT2D eigenvalue weighted by Gasteiger charge is 2.31. The van der Waals surface area contributed by atoms with E-state index in [1.165, 1.54) is 18.6 Å². The highest BCUT2D eigenvalue weighted by atomic mass is 16.5. The van der Waals surface area contributed by atoms with Crippen molar-refractivity contribution in [3.05, 3.63) is 72.1 Å². The van der Waals surface area contributed by atoms with E-state index in [0.717, 1.165) is 32.4 Å². The Bertz CT molecular complexity index is 1280. The number of carbonyl (C=O) groups is 1. The molecule has 4 heterocycles. The van der Waals surface area contributed by atoms with Crippen molar-refractivity contribution in [1.82, 2.24) is 19.7 Å². The maximum atomic E-state index is 12.8. The number of likely N-dealkylation sites (tertiary alicyclic amines) is 1. The van der Waals surface area contributed by atoms with Crippen molar-refractivity contribution in [3.8, 4) is 22.3 Å². The average Bonchev–Trinajstić information content (AvgIpc) is 3.18. The molecule has 8 nitrogen and oxygen atoms in total.